The Balaban J connectivity index is 1.93. The summed E-state index contributed by atoms with van der Waals surface area (Å²) in [5.41, 5.74) is 2.24. The van der Waals surface area contributed by atoms with Crippen LogP contribution in [0, 0.1) is 0 Å². The fourth-order valence-corrected chi connectivity index (χ4v) is 2.76. The molecule has 2 aromatic carbocycles. The number of rotatable bonds is 2. The minimum absolute atomic E-state index is 0.112. The van der Waals surface area contributed by atoms with Crippen molar-refractivity contribution >= 4 is 23.1 Å². The summed E-state index contributed by atoms with van der Waals surface area (Å²) in [7, 11) is 0. The monoisotopic (exact) mass is 271 g/mol. The van der Waals surface area contributed by atoms with Gasteiger partial charge in [0.15, 0.2) is 5.78 Å². The quantitative estimate of drug-likeness (QED) is 0.838. The molecule has 2 nitrogen and oxygen atoms in total. The van der Waals surface area contributed by atoms with E-state index in [4.69, 9.17) is 11.6 Å². The summed E-state index contributed by atoms with van der Waals surface area (Å²) >= 11 is 5.99. The van der Waals surface area contributed by atoms with Gasteiger partial charge in [-0.05, 0) is 24.6 Å². The lowest BCUT2D eigenvalue weighted by molar-refractivity contribution is 0.0920. The molecule has 0 bridgehead atoms. The third-order valence-corrected chi connectivity index (χ3v) is 3.80. The van der Waals surface area contributed by atoms with Crippen molar-refractivity contribution in [3.63, 3.8) is 0 Å². The number of ketones is 1. The van der Waals surface area contributed by atoms with Crippen LogP contribution < -0.4 is 5.32 Å². The van der Waals surface area contributed by atoms with Gasteiger partial charge in [-0.1, -0.05) is 48.0 Å². The van der Waals surface area contributed by atoms with Gasteiger partial charge >= 0.3 is 0 Å². The van der Waals surface area contributed by atoms with Gasteiger partial charge in [-0.15, -0.1) is 0 Å². The van der Waals surface area contributed by atoms with Crippen LogP contribution in [0.3, 0.4) is 0 Å². The smallest absolute Gasteiger partial charge is 0.188 e. The zero-order valence-corrected chi connectivity index (χ0v) is 11.4. The highest BCUT2D eigenvalue weighted by Crippen LogP contribution is 2.35. The van der Waals surface area contributed by atoms with E-state index in [1.54, 1.807) is 0 Å². The molecule has 1 aliphatic rings. The highest BCUT2D eigenvalue weighted by Gasteiger charge is 2.39. The predicted octanol–water partition coefficient (Wildman–Crippen LogP) is 3.95. The van der Waals surface area contributed by atoms with Crippen LogP contribution in [-0.4, -0.2) is 11.3 Å². The highest BCUT2D eigenvalue weighted by atomic mass is 35.5. The summed E-state index contributed by atoms with van der Waals surface area (Å²) in [6, 6.07) is 15.1. The van der Waals surface area contributed by atoms with Crippen molar-refractivity contribution in [1.29, 1.82) is 0 Å². The molecule has 0 spiro atoms. The summed E-state index contributed by atoms with van der Waals surface area (Å²) in [4.78, 5) is 12.6. The molecule has 0 radical (unpaired) electrons. The van der Waals surface area contributed by atoms with E-state index < -0.39 is 5.54 Å². The van der Waals surface area contributed by atoms with Gasteiger partial charge in [-0.25, -0.2) is 0 Å². The molecule has 0 saturated carbocycles. The van der Waals surface area contributed by atoms with E-state index in [0.717, 1.165) is 16.8 Å². The zero-order valence-electron chi connectivity index (χ0n) is 10.6. The van der Waals surface area contributed by atoms with Crippen LogP contribution in [0.2, 0.25) is 5.02 Å². The van der Waals surface area contributed by atoms with Crippen molar-refractivity contribution in [2.45, 2.75) is 18.9 Å². The van der Waals surface area contributed by atoms with E-state index in [2.05, 4.69) is 5.32 Å². The van der Waals surface area contributed by atoms with E-state index in [0.29, 0.717) is 11.4 Å². The fourth-order valence-electron chi connectivity index (χ4n) is 2.59. The molecule has 1 atom stereocenters. The molecule has 0 aliphatic carbocycles. The van der Waals surface area contributed by atoms with E-state index in [1.807, 2.05) is 55.5 Å². The Kier molecular flexibility index (Phi) is 2.83. The lowest BCUT2D eigenvalue weighted by Crippen LogP contribution is -2.41. The SMILES string of the molecule is CC1(C(=O)c2ccccc2)Cc2ccc(Cl)cc2N1. The third-order valence-electron chi connectivity index (χ3n) is 3.56. The second kappa shape index (κ2) is 4.39. The molecule has 2 aromatic rings. The van der Waals surface area contributed by atoms with Gasteiger partial charge in [0.05, 0.1) is 0 Å². The molecule has 1 heterocycles. The maximum Gasteiger partial charge on any atom is 0.188 e. The number of hydrogen-bond donors (Lipinski definition) is 1. The van der Waals surface area contributed by atoms with Crippen molar-refractivity contribution in [3.8, 4) is 0 Å². The zero-order chi connectivity index (χ0) is 13.5. The van der Waals surface area contributed by atoms with E-state index in [1.165, 1.54) is 0 Å². The van der Waals surface area contributed by atoms with Crippen molar-refractivity contribution in [1.82, 2.24) is 0 Å². The van der Waals surface area contributed by atoms with Crippen molar-refractivity contribution < 1.29 is 4.79 Å². The average molecular weight is 272 g/mol. The molecule has 3 heteroatoms. The first kappa shape index (κ1) is 12.2. The van der Waals surface area contributed by atoms with Crippen LogP contribution in [0.15, 0.2) is 48.5 Å². The molecule has 19 heavy (non-hydrogen) atoms. The minimum atomic E-state index is -0.589. The molecular weight excluding hydrogens is 258 g/mol. The number of nitrogens with one attached hydrogen (secondary N) is 1. The van der Waals surface area contributed by atoms with Crippen LogP contribution >= 0.6 is 11.6 Å². The van der Waals surface area contributed by atoms with Gasteiger partial charge in [0.1, 0.15) is 5.54 Å². The Morgan fingerprint density at radius 2 is 1.95 bits per heavy atom. The molecule has 96 valence electrons. The molecule has 3 rings (SSSR count). The Hall–Kier alpha value is -1.80. The maximum absolute atomic E-state index is 12.6. The molecule has 0 saturated heterocycles. The second-order valence-corrected chi connectivity index (χ2v) is 5.57. The lowest BCUT2D eigenvalue weighted by atomic mass is 9.88. The van der Waals surface area contributed by atoms with E-state index >= 15 is 0 Å². The number of carbonyl (C=O) groups is 1. The highest BCUT2D eigenvalue weighted by molar-refractivity contribution is 6.31. The average Bonchev–Trinajstić information content (AvgIpc) is 2.75. The van der Waals surface area contributed by atoms with Gasteiger partial charge in [0, 0.05) is 22.7 Å². The summed E-state index contributed by atoms with van der Waals surface area (Å²) in [5, 5.41) is 4.00. The lowest BCUT2D eigenvalue weighted by Gasteiger charge is -2.23. The maximum atomic E-state index is 12.6. The Morgan fingerprint density at radius 1 is 1.21 bits per heavy atom. The summed E-state index contributed by atoms with van der Waals surface area (Å²) in [6.07, 6.45) is 0.688. The minimum Gasteiger partial charge on any atom is -0.372 e. The number of fused-ring (bicyclic) bond motifs is 1. The summed E-state index contributed by atoms with van der Waals surface area (Å²) in [5.74, 6) is 0.112. The number of hydrogen-bond acceptors (Lipinski definition) is 2. The van der Waals surface area contributed by atoms with Crippen LogP contribution in [-0.2, 0) is 6.42 Å². The Morgan fingerprint density at radius 3 is 2.68 bits per heavy atom. The number of carbonyl (C=O) groups excluding carboxylic acids is 1. The van der Waals surface area contributed by atoms with E-state index in [-0.39, 0.29) is 5.78 Å². The van der Waals surface area contributed by atoms with Crippen molar-refractivity contribution in [2.24, 2.45) is 0 Å². The molecular formula is C16H14ClNO. The molecule has 1 N–H and O–H groups in total. The first-order valence-corrected chi connectivity index (χ1v) is 6.63. The Bertz CT molecular complexity index is 638. The van der Waals surface area contributed by atoms with Crippen molar-refractivity contribution in [2.75, 3.05) is 5.32 Å². The number of halogens is 1. The number of benzene rings is 2. The molecule has 1 aliphatic heterocycles. The normalized spacial score (nSPS) is 20.7. The first-order chi connectivity index (χ1) is 9.08. The first-order valence-electron chi connectivity index (χ1n) is 6.25. The molecule has 0 fully saturated rings. The summed E-state index contributed by atoms with van der Waals surface area (Å²) in [6.45, 7) is 1.94. The number of Topliss-reactive ketones (excluding diaryl/α,β-unsaturated/α-hetero) is 1. The van der Waals surface area contributed by atoms with E-state index in [9.17, 15) is 4.79 Å². The third kappa shape index (κ3) is 2.13. The van der Waals surface area contributed by atoms with Gasteiger partial charge in [0.2, 0.25) is 0 Å². The fraction of sp³-hybridized carbons (Fsp3) is 0.188. The van der Waals surface area contributed by atoms with Crippen LogP contribution in [0.1, 0.15) is 22.8 Å². The van der Waals surface area contributed by atoms with Gasteiger partial charge in [-0.2, -0.15) is 0 Å². The van der Waals surface area contributed by atoms with Crippen LogP contribution in [0.5, 0.6) is 0 Å². The van der Waals surface area contributed by atoms with Crippen LogP contribution in [0.25, 0.3) is 0 Å². The van der Waals surface area contributed by atoms with Crippen molar-refractivity contribution in [3.05, 3.63) is 64.7 Å². The van der Waals surface area contributed by atoms with Gasteiger partial charge < -0.3 is 5.32 Å². The number of anilines is 1. The Labute approximate surface area is 117 Å². The second-order valence-electron chi connectivity index (χ2n) is 5.13. The topological polar surface area (TPSA) is 29.1 Å². The summed E-state index contributed by atoms with van der Waals surface area (Å²) < 4.78 is 0. The van der Waals surface area contributed by atoms with Gasteiger partial charge in [-0.3, -0.25) is 4.79 Å². The van der Waals surface area contributed by atoms with Gasteiger partial charge in [0.25, 0.3) is 0 Å². The molecule has 1 unspecified atom stereocenters. The standard InChI is InChI=1S/C16H14ClNO/c1-16(15(19)11-5-3-2-4-6-11)10-12-7-8-13(17)9-14(12)18-16/h2-9,18H,10H2,1H3. The molecule has 0 aromatic heterocycles. The van der Waals surface area contributed by atoms with Crippen LogP contribution in [0.4, 0.5) is 5.69 Å². The molecule has 0 amide bonds. The largest absolute Gasteiger partial charge is 0.372 e. The predicted molar refractivity (Wildman–Crippen MR) is 78.0 cm³/mol.